The highest BCUT2D eigenvalue weighted by atomic mass is 19.4. The van der Waals surface area contributed by atoms with Gasteiger partial charge < -0.3 is 4.42 Å². The smallest absolute Gasteiger partial charge is 0.416 e. The van der Waals surface area contributed by atoms with Crippen LogP contribution in [0.3, 0.4) is 0 Å². The fraction of sp³-hybridized carbons (Fsp3) is 0.360. The molecule has 0 aliphatic heterocycles. The van der Waals surface area contributed by atoms with Gasteiger partial charge in [-0.1, -0.05) is 25.1 Å². The van der Waals surface area contributed by atoms with E-state index in [1.807, 2.05) is 39.0 Å². The first kappa shape index (κ1) is 24.6. The van der Waals surface area contributed by atoms with E-state index >= 15 is 0 Å². The average Bonchev–Trinajstić information content (AvgIpc) is 3.53. The van der Waals surface area contributed by atoms with Crippen molar-refractivity contribution in [3.63, 3.8) is 0 Å². The van der Waals surface area contributed by atoms with Gasteiger partial charge in [-0.3, -0.25) is 9.88 Å². The van der Waals surface area contributed by atoms with E-state index in [9.17, 15) is 13.2 Å². The number of benzene rings is 1. The molecule has 35 heavy (non-hydrogen) atoms. The van der Waals surface area contributed by atoms with Crippen molar-refractivity contribution >= 4 is 0 Å². The summed E-state index contributed by atoms with van der Waals surface area (Å²) in [5.41, 5.74) is 0.452. The normalized spacial score (nSPS) is 13.3. The number of hydrogen-bond donors (Lipinski definition) is 0. The van der Waals surface area contributed by atoms with Crippen LogP contribution < -0.4 is 0 Å². The van der Waals surface area contributed by atoms with E-state index in [1.54, 1.807) is 29.4 Å². The number of hydrogen-bond acceptors (Lipinski definition) is 6. The zero-order chi connectivity index (χ0) is 25.1. The first-order chi connectivity index (χ1) is 16.7. The van der Waals surface area contributed by atoms with Crippen molar-refractivity contribution in [2.45, 2.75) is 58.0 Å². The molecule has 0 saturated heterocycles. The van der Waals surface area contributed by atoms with E-state index in [0.717, 1.165) is 24.1 Å². The Hall–Kier alpha value is -3.53. The fourth-order valence-corrected chi connectivity index (χ4v) is 3.89. The molecular formula is C25H27F3N6O. The number of furan rings is 1. The molecule has 10 heteroatoms. The topological polar surface area (TPSA) is 72.9 Å². The number of alkyl halides is 3. The fourth-order valence-electron chi connectivity index (χ4n) is 3.89. The van der Waals surface area contributed by atoms with Gasteiger partial charge in [-0.15, -0.1) is 5.10 Å². The van der Waals surface area contributed by atoms with E-state index < -0.39 is 23.3 Å². The van der Waals surface area contributed by atoms with E-state index in [-0.39, 0.29) is 0 Å². The summed E-state index contributed by atoms with van der Waals surface area (Å²) < 4.78 is 47.3. The third kappa shape index (κ3) is 5.59. The van der Waals surface area contributed by atoms with Crippen LogP contribution in [0.25, 0.3) is 0 Å². The van der Waals surface area contributed by atoms with Crippen LogP contribution in [0.5, 0.6) is 0 Å². The minimum atomic E-state index is -4.43. The second kappa shape index (κ2) is 9.99. The molecule has 0 spiro atoms. The summed E-state index contributed by atoms with van der Waals surface area (Å²) >= 11 is 0. The van der Waals surface area contributed by atoms with Crippen LogP contribution in [0.15, 0.2) is 71.6 Å². The molecule has 3 heterocycles. The van der Waals surface area contributed by atoms with Gasteiger partial charge in [0.05, 0.1) is 30.0 Å². The zero-order valence-electron chi connectivity index (χ0n) is 19.8. The van der Waals surface area contributed by atoms with Gasteiger partial charge in [-0.25, -0.2) is 4.68 Å². The van der Waals surface area contributed by atoms with Gasteiger partial charge in [0, 0.05) is 18.9 Å². The van der Waals surface area contributed by atoms with Gasteiger partial charge in [-0.2, -0.15) is 13.2 Å². The Bertz CT molecular complexity index is 1200. The number of aromatic nitrogens is 5. The molecule has 0 saturated carbocycles. The van der Waals surface area contributed by atoms with E-state index in [1.165, 1.54) is 12.1 Å². The molecule has 0 radical (unpaired) electrons. The summed E-state index contributed by atoms with van der Waals surface area (Å²) in [6.07, 6.45) is 1.37. The van der Waals surface area contributed by atoms with Gasteiger partial charge >= 0.3 is 6.18 Å². The SMILES string of the molecule is CCC(C)(C)n1nnnc1C(c1ccc(C(F)(F)F)cc1)N(Cc1cccnc1)Cc1ccco1. The minimum Gasteiger partial charge on any atom is -0.468 e. The van der Waals surface area contributed by atoms with Gasteiger partial charge in [0.25, 0.3) is 0 Å². The van der Waals surface area contributed by atoms with Crippen LogP contribution in [0.1, 0.15) is 61.5 Å². The Labute approximate surface area is 201 Å². The Morgan fingerprint density at radius 1 is 1.03 bits per heavy atom. The van der Waals surface area contributed by atoms with Crippen LogP contribution >= 0.6 is 0 Å². The monoisotopic (exact) mass is 484 g/mol. The van der Waals surface area contributed by atoms with Crippen molar-refractivity contribution in [3.8, 4) is 0 Å². The Kier molecular flexibility index (Phi) is 7.02. The highest BCUT2D eigenvalue weighted by Gasteiger charge is 2.35. The Morgan fingerprint density at radius 2 is 1.80 bits per heavy atom. The molecule has 0 fully saturated rings. The van der Waals surface area contributed by atoms with Gasteiger partial charge in [0.15, 0.2) is 5.82 Å². The maximum absolute atomic E-state index is 13.3. The molecule has 1 unspecified atom stereocenters. The molecule has 4 rings (SSSR count). The largest absolute Gasteiger partial charge is 0.468 e. The highest BCUT2D eigenvalue weighted by Crippen LogP contribution is 2.35. The minimum absolute atomic E-state index is 0.382. The molecular weight excluding hydrogens is 457 g/mol. The zero-order valence-corrected chi connectivity index (χ0v) is 19.8. The van der Waals surface area contributed by atoms with Crippen molar-refractivity contribution in [2.75, 3.05) is 0 Å². The molecule has 0 aliphatic carbocycles. The third-order valence-corrected chi connectivity index (χ3v) is 6.14. The average molecular weight is 485 g/mol. The molecule has 1 atom stereocenters. The van der Waals surface area contributed by atoms with Crippen LogP contribution in [0, 0.1) is 0 Å². The Morgan fingerprint density at radius 3 is 2.40 bits per heavy atom. The standard InChI is InChI=1S/C25H27F3N6O/c1-4-24(2,3)34-23(30-31-32-34)22(19-9-11-20(12-10-19)25(26,27)28)33(17-21-8-6-14-35-21)16-18-7-5-13-29-15-18/h5-15,22H,4,16-17H2,1-3H3. The highest BCUT2D eigenvalue weighted by molar-refractivity contribution is 5.31. The Balaban J connectivity index is 1.85. The molecule has 4 aromatic rings. The van der Waals surface area contributed by atoms with Crippen molar-refractivity contribution in [1.82, 2.24) is 30.1 Å². The first-order valence-corrected chi connectivity index (χ1v) is 11.3. The summed E-state index contributed by atoms with van der Waals surface area (Å²) in [7, 11) is 0. The number of nitrogens with zero attached hydrogens (tertiary/aromatic N) is 6. The number of pyridine rings is 1. The van der Waals surface area contributed by atoms with E-state index in [4.69, 9.17) is 4.42 Å². The lowest BCUT2D eigenvalue weighted by Crippen LogP contribution is -2.35. The molecule has 184 valence electrons. The lowest BCUT2D eigenvalue weighted by atomic mass is 9.98. The molecule has 7 nitrogen and oxygen atoms in total. The second-order valence-electron chi connectivity index (χ2n) is 8.98. The lowest BCUT2D eigenvalue weighted by molar-refractivity contribution is -0.137. The van der Waals surface area contributed by atoms with Crippen LogP contribution in [0.4, 0.5) is 13.2 Å². The summed E-state index contributed by atoms with van der Waals surface area (Å²) in [6.45, 7) is 6.91. The summed E-state index contributed by atoms with van der Waals surface area (Å²) in [6, 6.07) is 12.1. The maximum Gasteiger partial charge on any atom is 0.416 e. The van der Waals surface area contributed by atoms with Gasteiger partial charge in [0.2, 0.25) is 0 Å². The van der Waals surface area contributed by atoms with Crippen molar-refractivity contribution < 1.29 is 17.6 Å². The molecule has 0 amide bonds. The third-order valence-electron chi connectivity index (χ3n) is 6.14. The number of halogens is 3. The van der Waals surface area contributed by atoms with Crippen molar-refractivity contribution in [3.05, 3.63) is 95.5 Å². The van der Waals surface area contributed by atoms with Crippen molar-refractivity contribution in [1.29, 1.82) is 0 Å². The summed E-state index contributed by atoms with van der Waals surface area (Å²) in [5.74, 6) is 1.24. The maximum atomic E-state index is 13.3. The number of rotatable bonds is 9. The van der Waals surface area contributed by atoms with E-state index in [2.05, 4.69) is 25.4 Å². The molecule has 0 N–H and O–H groups in total. The quantitative estimate of drug-likeness (QED) is 0.307. The summed E-state index contributed by atoms with van der Waals surface area (Å²) in [4.78, 5) is 6.29. The predicted molar refractivity (Wildman–Crippen MR) is 123 cm³/mol. The molecule has 1 aromatic carbocycles. The summed E-state index contributed by atoms with van der Waals surface area (Å²) in [5, 5.41) is 12.6. The van der Waals surface area contributed by atoms with Crippen LogP contribution in [-0.2, 0) is 24.8 Å². The second-order valence-corrected chi connectivity index (χ2v) is 8.98. The van der Waals surface area contributed by atoms with Gasteiger partial charge in [0.1, 0.15) is 5.76 Å². The first-order valence-electron chi connectivity index (χ1n) is 11.3. The predicted octanol–water partition coefficient (Wildman–Crippen LogP) is 5.62. The van der Waals surface area contributed by atoms with Gasteiger partial charge in [-0.05, 0) is 72.2 Å². The molecule has 0 bridgehead atoms. The van der Waals surface area contributed by atoms with E-state index in [0.29, 0.717) is 30.2 Å². The lowest BCUT2D eigenvalue weighted by Gasteiger charge is -2.33. The molecule has 0 aliphatic rings. The van der Waals surface area contributed by atoms with Crippen molar-refractivity contribution in [2.24, 2.45) is 0 Å². The molecule has 3 aromatic heterocycles. The van der Waals surface area contributed by atoms with Crippen LogP contribution in [0.2, 0.25) is 0 Å². The number of tetrazole rings is 1. The van der Waals surface area contributed by atoms with Crippen LogP contribution in [-0.4, -0.2) is 30.1 Å².